The standard InChI is InChI=1S/C7H14N2O/c1-6-2-3-8-7(6)9-4-5-10/h8-10H,2-5H2,1H3. The van der Waals surface area contributed by atoms with E-state index in [2.05, 4.69) is 17.6 Å². The minimum Gasteiger partial charge on any atom is -0.395 e. The van der Waals surface area contributed by atoms with E-state index in [0.717, 1.165) is 18.8 Å². The Bertz CT molecular complexity index is 143. The lowest BCUT2D eigenvalue weighted by Gasteiger charge is -2.06. The highest BCUT2D eigenvalue weighted by molar-refractivity contribution is 5.13. The van der Waals surface area contributed by atoms with Crippen molar-refractivity contribution in [2.24, 2.45) is 0 Å². The van der Waals surface area contributed by atoms with Crippen molar-refractivity contribution in [2.45, 2.75) is 13.3 Å². The van der Waals surface area contributed by atoms with Gasteiger partial charge in [0.2, 0.25) is 0 Å². The molecule has 1 aliphatic heterocycles. The summed E-state index contributed by atoms with van der Waals surface area (Å²) in [4.78, 5) is 0. The summed E-state index contributed by atoms with van der Waals surface area (Å²) in [6, 6.07) is 0. The molecule has 0 radical (unpaired) electrons. The molecule has 0 atom stereocenters. The van der Waals surface area contributed by atoms with Crippen LogP contribution in [0.4, 0.5) is 0 Å². The Morgan fingerprint density at radius 1 is 1.70 bits per heavy atom. The number of hydrogen-bond donors (Lipinski definition) is 3. The van der Waals surface area contributed by atoms with Crippen molar-refractivity contribution < 1.29 is 5.11 Å². The van der Waals surface area contributed by atoms with Crippen LogP contribution in [0.3, 0.4) is 0 Å². The highest BCUT2D eigenvalue weighted by Gasteiger charge is 2.07. The second-order valence-electron chi connectivity index (χ2n) is 2.48. The van der Waals surface area contributed by atoms with E-state index in [0.29, 0.717) is 6.54 Å². The lowest BCUT2D eigenvalue weighted by atomic mass is 10.3. The van der Waals surface area contributed by atoms with Crippen molar-refractivity contribution in [2.75, 3.05) is 19.7 Å². The lowest BCUT2D eigenvalue weighted by Crippen LogP contribution is -2.25. The van der Waals surface area contributed by atoms with Gasteiger partial charge < -0.3 is 15.7 Å². The molecule has 0 aromatic rings. The molecule has 3 nitrogen and oxygen atoms in total. The van der Waals surface area contributed by atoms with Crippen molar-refractivity contribution in [1.82, 2.24) is 10.6 Å². The second-order valence-corrected chi connectivity index (χ2v) is 2.48. The third-order valence-corrected chi connectivity index (χ3v) is 1.64. The summed E-state index contributed by atoms with van der Waals surface area (Å²) in [6.45, 7) is 3.96. The molecule has 1 rings (SSSR count). The smallest absolute Gasteiger partial charge is 0.0976 e. The zero-order valence-electron chi connectivity index (χ0n) is 6.28. The van der Waals surface area contributed by atoms with Crippen molar-refractivity contribution in [3.05, 3.63) is 11.4 Å². The van der Waals surface area contributed by atoms with Crippen molar-refractivity contribution >= 4 is 0 Å². The molecular weight excluding hydrogens is 128 g/mol. The van der Waals surface area contributed by atoms with E-state index in [1.165, 1.54) is 5.57 Å². The highest BCUT2D eigenvalue weighted by atomic mass is 16.3. The maximum absolute atomic E-state index is 8.50. The van der Waals surface area contributed by atoms with Crippen LogP contribution >= 0.6 is 0 Å². The molecule has 3 heteroatoms. The quantitative estimate of drug-likeness (QED) is 0.511. The summed E-state index contributed by atoms with van der Waals surface area (Å²) in [5, 5.41) is 14.8. The average Bonchev–Trinajstić information content (AvgIpc) is 2.31. The largest absolute Gasteiger partial charge is 0.395 e. The number of hydrogen-bond acceptors (Lipinski definition) is 3. The zero-order valence-corrected chi connectivity index (χ0v) is 6.28. The Balaban J connectivity index is 2.31. The van der Waals surface area contributed by atoms with Crippen LogP contribution in [-0.2, 0) is 0 Å². The molecule has 0 aromatic heterocycles. The third-order valence-electron chi connectivity index (χ3n) is 1.64. The predicted molar refractivity (Wildman–Crippen MR) is 40.4 cm³/mol. The number of rotatable bonds is 3. The van der Waals surface area contributed by atoms with Gasteiger partial charge in [-0.1, -0.05) is 0 Å². The van der Waals surface area contributed by atoms with Crippen LogP contribution in [0.5, 0.6) is 0 Å². The molecule has 0 amide bonds. The summed E-state index contributed by atoms with van der Waals surface area (Å²) in [5.74, 6) is 1.11. The summed E-state index contributed by atoms with van der Waals surface area (Å²) in [5.41, 5.74) is 1.36. The van der Waals surface area contributed by atoms with Crippen LogP contribution in [0.2, 0.25) is 0 Å². The molecule has 0 spiro atoms. The van der Waals surface area contributed by atoms with E-state index in [9.17, 15) is 0 Å². The van der Waals surface area contributed by atoms with E-state index >= 15 is 0 Å². The minimum absolute atomic E-state index is 0.193. The fraction of sp³-hybridized carbons (Fsp3) is 0.714. The first-order chi connectivity index (χ1) is 4.84. The maximum atomic E-state index is 8.50. The molecule has 0 unspecified atom stereocenters. The minimum atomic E-state index is 0.193. The van der Waals surface area contributed by atoms with Crippen LogP contribution in [0.1, 0.15) is 13.3 Å². The Labute approximate surface area is 61.1 Å². The molecule has 0 aliphatic carbocycles. The molecule has 0 fully saturated rings. The normalized spacial score (nSPS) is 17.4. The Morgan fingerprint density at radius 2 is 2.50 bits per heavy atom. The molecule has 0 bridgehead atoms. The van der Waals surface area contributed by atoms with Crippen LogP contribution in [0.25, 0.3) is 0 Å². The van der Waals surface area contributed by atoms with E-state index in [1.807, 2.05) is 0 Å². The Hall–Kier alpha value is -0.700. The first kappa shape index (κ1) is 7.41. The van der Waals surface area contributed by atoms with Gasteiger partial charge in [-0.2, -0.15) is 0 Å². The van der Waals surface area contributed by atoms with Crippen LogP contribution < -0.4 is 10.6 Å². The molecule has 3 N–H and O–H groups in total. The second kappa shape index (κ2) is 3.46. The van der Waals surface area contributed by atoms with Crippen molar-refractivity contribution in [3.8, 4) is 0 Å². The predicted octanol–water partition coefficient (Wildman–Crippen LogP) is -0.207. The molecule has 1 aliphatic rings. The summed E-state index contributed by atoms with van der Waals surface area (Å²) in [7, 11) is 0. The van der Waals surface area contributed by atoms with Gasteiger partial charge in [-0.15, -0.1) is 0 Å². The maximum Gasteiger partial charge on any atom is 0.0976 e. The monoisotopic (exact) mass is 142 g/mol. The van der Waals surface area contributed by atoms with Gasteiger partial charge in [0.05, 0.1) is 12.4 Å². The van der Waals surface area contributed by atoms with E-state index in [4.69, 9.17) is 5.11 Å². The van der Waals surface area contributed by atoms with Gasteiger partial charge in [-0.25, -0.2) is 0 Å². The zero-order chi connectivity index (χ0) is 7.40. The van der Waals surface area contributed by atoms with Crippen molar-refractivity contribution in [3.63, 3.8) is 0 Å². The van der Waals surface area contributed by atoms with E-state index in [1.54, 1.807) is 0 Å². The van der Waals surface area contributed by atoms with Crippen LogP contribution in [0, 0.1) is 0 Å². The summed E-state index contributed by atoms with van der Waals surface area (Å²) < 4.78 is 0. The molecule has 10 heavy (non-hydrogen) atoms. The highest BCUT2D eigenvalue weighted by Crippen LogP contribution is 2.08. The summed E-state index contributed by atoms with van der Waals surface area (Å²) in [6.07, 6.45) is 1.12. The fourth-order valence-electron chi connectivity index (χ4n) is 1.05. The van der Waals surface area contributed by atoms with E-state index in [-0.39, 0.29) is 6.61 Å². The SMILES string of the molecule is CC1=C(NCCO)NCC1. The molecule has 0 saturated carbocycles. The number of aliphatic hydroxyl groups excluding tert-OH is 1. The van der Waals surface area contributed by atoms with E-state index < -0.39 is 0 Å². The molecule has 0 saturated heterocycles. The average molecular weight is 142 g/mol. The topological polar surface area (TPSA) is 44.3 Å². The van der Waals surface area contributed by atoms with Crippen LogP contribution in [-0.4, -0.2) is 24.8 Å². The van der Waals surface area contributed by atoms with Gasteiger partial charge in [0, 0.05) is 13.1 Å². The van der Waals surface area contributed by atoms with Gasteiger partial charge in [0.25, 0.3) is 0 Å². The van der Waals surface area contributed by atoms with Gasteiger partial charge >= 0.3 is 0 Å². The Morgan fingerprint density at radius 3 is 3.00 bits per heavy atom. The molecule has 58 valence electrons. The van der Waals surface area contributed by atoms with Gasteiger partial charge in [0.1, 0.15) is 0 Å². The van der Waals surface area contributed by atoms with Crippen molar-refractivity contribution in [1.29, 1.82) is 0 Å². The number of aliphatic hydroxyl groups is 1. The number of nitrogens with one attached hydrogen (secondary N) is 2. The third kappa shape index (κ3) is 1.64. The fourth-order valence-corrected chi connectivity index (χ4v) is 1.05. The Kier molecular flexibility index (Phi) is 2.57. The van der Waals surface area contributed by atoms with Gasteiger partial charge in [-0.3, -0.25) is 0 Å². The molecule has 1 heterocycles. The lowest BCUT2D eigenvalue weighted by molar-refractivity contribution is 0.296. The molecular formula is C7H14N2O. The van der Waals surface area contributed by atoms with Gasteiger partial charge in [0.15, 0.2) is 0 Å². The molecule has 0 aromatic carbocycles. The van der Waals surface area contributed by atoms with Gasteiger partial charge in [-0.05, 0) is 18.9 Å². The first-order valence-corrected chi connectivity index (χ1v) is 3.63. The van der Waals surface area contributed by atoms with Crippen LogP contribution in [0.15, 0.2) is 11.4 Å². The first-order valence-electron chi connectivity index (χ1n) is 3.63. The summed E-state index contributed by atoms with van der Waals surface area (Å²) >= 11 is 0.